The standard InChI is InChI=1S/C23H27FN2O/c1-15(2)17-7-6-8-19(13-17)23(4,5)25-22(27)26-16(3)9-10-18-14-20(24)11-12-21(18)26/h6-8,11-14,16H,1,9-10H2,2-5H3,(H,25,27)/t16-/m1/s1. The molecule has 0 aromatic heterocycles. The molecule has 1 atom stereocenters. The fraction of sp³-hybridized carbons (Fsp3) is 0.348. The Bertz CT molecular complexity index is 888. The van der Waals surface area contributed by atoms with Crippen LogP contribution in [-0.2, 0) is 12.0 Å². The monoisotopic (exact) mass is 366 g/mol. The van der Waals surface area contributed by atoms with Crippen LogP contribution in [0.3, 0.4) is 0 Å². The second-order valence-electron chi connectivity index (χ2n) is 7.95. The molecule has 0 bridgehead atoms. The number of amides is 2. The lowest BCUT2D eigenvalue weighted by molar-refractivity contribution is 0.232. The van der Waals surface area contributed by atoms with E-state index in [-0.39, 0.29) is 17.9 Å². The summed E-state index contributed by atoms with van der Waals surface area (Å²) in [5, 5.41) is 3.16. The Morgan fingerprint density at radius 1 is 1.26 bits per heavy atom. The van der Waals surface area contributed by atoms with E-state index in [4.69, 9.17) is 0 Å². The van der Waals surface area contributed by atoms with Gasteiger partial charge in [-0.25, -0.2) is 9.18 Å². The molecule has 3 rings (SSSR count). The van der Waals surface area contributed by atoms with Gasteiger partial charge in [-0.2, -0.15) is 0 Å². The fourth-order valence-corrected chi connectivity index (χ4v) is 3.60. The average Bonchev–Trinajstić information content (AvgIpc) is 2.61. The first-order valence-electron chi connectivity index (χ1n) is 9.35. The third kappa shape index (κ3) is 3.90. The van der Waals surface area contributed by atoms with Crippen LogP contribution in [0.5, 0.6) is 0 Å². The molecule has 2 aromatic carbocycles. The quantitative estimate of drug-likeness (QED) is 0.748. The first-order chi connectivity index (χ1) is 12.7. The summed E-state index contributed by atoms with van der Waals surface area (Å²) in [5.74, 6) is -0.263. The van der Waals surface area contributed by atoms with Gasteiger partial charge in [0, 0.05) is 11.7 Å². The number of anilines is 1. The van der Waals surface area contributed by atoms with Crippen molar-refractivity contribution in [1.29, 1.82) is 0 Å². The Kier molecular flexibility index (Phi) is 5.09. The Balaban J connectivity index is 1.88. The predicted octanol–water partition coefficient (Wildman–Crippen LogP) is 5.64. The van der Waals surface area contributed by atoms with Crippen LogP contribution in [0.2, 0.25) is 0 Å². The molecule has 2 aromatic rings. The number of halogens is 1. The summed E-state index contributed by atoms with van der Waals surface area (Å²) in [6.45, 7) is 12.0. The van der Waals surface area contributed by atoms with Gasteiger partial charge in [0.15, 0.2) is 0 Å². The van der Waals surface area contributed by atoms with Gasteiger partial charge in [0.1, 0.15) is 5.82 Å². The first-order valence-corrected chi connectivity index (χ1v) is 9.35. The van der Waals surface area contributed by atoms with Crippen molar-refractivity contribution < 1.29 is 9.18 Å². The number of benzene rings is 2. The van der Waals surface area contributed by atoms with Crippen molar-refractivity contribution in [1.82, 2.24) is 5.32 Å². The third-order valence-electron chi connectivity index (χ3n) is 5.29. The molecule has 1 N–H and O–H groups in total. The van der Waals surface area contributed by atoms with Crippen molar-refractivity contribution in [3.63, 3.8) is 0 Å². The van der Waals surface area contributed by atoms with Crippen molar-refractivity contribution in [2.45, 2.75) is 52.1 Å². The SMILES string of the molecule is C=C(C)c1cccc(C(C)(C)NC(=O)N2c3ccc(F)cc3CC[C@H]2C)c1. The number of carbonyl (C=O) groups excluding carboxylic acids is 1. The molecule has 4 heteroatoms. The lowest BCUT2D eigenvalue weighted by atomic mass is 9.91. The summed E-state index contributed by atoms with van der Waals surface area (Å²) in [6, 6.07) is 12.6. The smallest absolute Gasteiger partial charge is 0.322 e. The van der Waals surface area contributed by atoms with Crippen LogP contribution < -0.4 is 10.2 Å². The zero-order valence-corrected chi connectivity index (χ0v) is 16.5. The normalized spacial score (nSPS) is 16.6. The van der Waals surface area contributed by atoms with Gasteiger partial charge >= 0.3 is 6.03 Å². The molecule has 0 unspecified atom stereocenters. The summed E-state index contributed by atoms with van der Waals surface area (Å²) < 4.78 is 13.6. The highest BCUT2D eigenvalue weighted by atomic mass is 19.1. The summed E-state index contributed by atoms with van der Waals surface area (Å²) in [4.78, 5) is 14.9. The van der Waals surface area contributed by atoms with Crippen molar-refractivity contribution >= 4 is 17.3 Å². The van der Waals surface area contributed by atoms with Gasteiger partial charge in [0.2, 0.25) is 0 Å². The van der Waals surface area contributed by atoms with Gasteiger partial charge in [-0.1, -0.05) is 30.4 Å². The Morgan fingerprint density at radius 2 is 2.00 bits per heavy atom. The lowest BCUT2D eigenvalue weighted by Gasteiger charge is -2.38. The van der Waals surface area contributed by atoms with Crippen LogP contribution in [-0.4, -0.2) is 12.1 Å². The number of rotatable bonds is 3. The van der Waals surface area contributed by atoms with Crippen LogP contribution in [0.15, 0.2) is 49.0 Å². The Labute approximate surface area is 160 Å². The molecule has 3 nitrogen and oxygen atoms in total. The van der Waals surface area contributed by atoms with Gasteiger partial charge in [0.05, 0.1) is 5.54 Å². The molecule has 0 aliphatic carbocycles. The van der Waals surface area contributed by atoms with E-state index in [1.54, 1.807) is 11.0 Å². The number of hydrogen-bond donors (Lipinski definition) is 1. The topological polar surface area (TPSA) is 32.3 Å². The molecule has 1 aliphatic rings. The number of hydrogen-bond acceptors (Lipinski definition) is 1. The first kappa shape index (κ1) is 19.2. The van der Waals surface area contributed by atoms with E-state index in [1.807, 2.05) is 45.9 Å². The van der Waals surface area contributed by atoms with E-state index in [1.165, 1.54) is 12.1 Å². The van der Waals surface area contributed by atoms with Crippen LogP contribution >= 0.6 is 0 Å². The maximum Gasteiger partial charge on any atom is 0.322 e. The molecule has 27 heavy (non-hydrogen) atoms. The molecule has 0 saturated heterocycles. The van der Waals surface area contributed by atoms with E-state index in [0.717, 1.165) is 40.8 Å². The molecule has 0 saturated carbocycles. The lowest BCUT2D eigenvalue weighted by Crippen LogP contribution is -2.53. The van der Waals surface area contributed by atoms with E-state index in [2.05, 4.69) is 18.0 Å². The average molecular weight is 366 g/mol. The largest absolute Gasteiger partial charge is 0.329 e. The van der Waals surface area contributed by atoms with E-state index < -0.39 is 5.54 Å². The molecule has 0 fully saturated rings. The van der Waals surface area contributed by atoms with Crippen LogP contribution in [0, 0.1) is 5.82 Å². The minimum absolute atomic E-state index is 0.0560. The van der Waals surface area contributed by atoms with Gasteiger partial charge < -0.3 is 5.32 Å². The summed E-state index contributed by atoms with van der Waals surface area (Å²) in [6.07, 6.45) is 1.59. The number of aryl methyl sites for hydroxylation is 1. The number of nitrogens with zero attached hydrogens (tertiary/aromatic N) is 1. The van der Waals surface area contributed by atoms with Gasteiger partial charge in [-0.05, 0) is 81.5 Å². The fourth-order valence-electron chi connectivity index (χ4n) is 3.60. The number of carbonyl (C=O) groups is 1. The summed E-state index contributed by atoms with van der Waals surface area (Å²) in [5.41, 5.74) is 4.17. The highest BCUT2D eigenvalue weighted by Crippen LogP contribution is 2.32. The molecule has 0 radical (unpaired) electrons. The Hall–Kier alpha value is -2.62. The molecule has 142 valence electrons. The number of allylic oxidation sites excluding steroid dienone is 1. The van der Waals surface area contributed by atoms with Crippen molar-refractivity contribution in [2.75, 3.05) is 4.90 Å². The van der Waals surface area contributed by atoms with Gasteiger partial charge in [-0.15, -0.1) is 0 Å². The predicted molar refractivity (Wildman–Crippen MR) is 109 cm³/mol. The Morgan fingerprint density at radius 3 is 2.70 bits per heavy atom. The van der Waals surface area contributed by atoms with Gasteiger partial charge in [0.25, 0.3) is 0 Å². The molecule has 0 spiro atoms. The van der Waals surface area contributed by atoms with E-state index in [0.29, 0.717) is 0 Å². The van der Waals surface area contributed by atoms with Crippen LogP contribution in [0.1, 0.15) is 50.8 Å². The van der Waals surface area contributed by atoms with Crippen LogP contribution in [0.4, 0.5) is 14.9 Å². The van der Waals surface area contributed by atoms with Crippen molar-refractivity contribution in [3.05, 3.63) is 71.6 Å². The molecular formula is C23H27FN2O. The zero-order valence-electron chi connectivity index (χ0n) is 16.5. The minimum atomic E-state index is -0.556. The maximum absolute atomic E-state index is 13.6. The van der Waals surface area contributed by atoms with Crippen LogP contribution in [0.25, 0.3) is 5.57 Å². The summed E-state index contributed by atoms with van der Waals surface area (Å²) in [7, 11) is 0. The van der Waals surface area contributed by atoms with Crippen molar-refractivity contribution in [3.8, 4) is 0 Å². The van der Waals surface area contributed by atoms with Crippen molar-refractivity contribution in [2.24, 2.45) is 0 Å². The maximum atomic E-state index is 13.6. The number of nitrogens with one attached hydrogen (secondary N) is 1. The molecule has 2 amide bonds. The highest BCUT2D eigenvalue weighted by Gasteiger charge is 2.32. The zero-order chi connectivity index (χ0) is 19.8. The summed E-state index contributed by atoms with van der Waals surface area (Å²) >= 11 is 0. The molecular weight excluding hydrogens is 339 g/mol. The van der Waals surface area contributed by atoms with Gasteiger partial charge in [-0.3, -0.25) is 4.90 Å². The van der Waals surface area contributed by atoms with E-state index in [9.17, 15) is 9.18 Å². The van der Waals surface area contributed by atoms with E-state index >= 15 is 0 Å². The second kappa shape index (κ2) is 7.18. The highest BCUT2D eigenvalue weighted by molar-refractivity contribution is 5.94. The molecule has 1 aliphatic heterocycles. The number of fused-ring (bicyclic) bond motifs is 1. The second-order valence-corrected chi connectivity index (χ2v) is 7.95. The number of urea groups is 1. The molecule has 1 heterocycles. The third-order valence-corrected chi connectivity index (χ3v) is 5.29. The minimum Gasteiger partial charge on any atom is -0.329 e.